The van der Waals surface area contributed by atoms with Crippen molar-refractivity contribution in [3.63, 3.8) is 0 Å². The summed E-state index contributed by atoms with van der Waals surface area (Å²) in [6.45, 7) is 2.32. The first-order valence-corrected chi connectivity index (χ1v) is 21.0. The second kappa shape index (κ2) is 16.2. The average molecular weight is 781 g/mol. The number of hydrogen-bond donors (Lipinski definition) is 1. The maximum Gasteiger partial charge on any atom is 0.0722 e. The van der Waals surface area contributed by atoms with Gasteiger partial charge in [0.25, 0.3) is 0 Å². The first-order chi connectivity index (χ1) is 30.0. The molecule has 1 N–H and O–H groups in total. The average Bonchev–Trinajstić information content (AvgIpc) is 3.34. The van der Waals surface area contributed by atoms with Crippen LogP contribution in [0.2, 0.25) is 0 Å². The highest BCUT2D eigenvalue weighted by Gasteiger charge is 2.26. The second-order valence-corrected chi connectivity index (χ2v) is 16.2. The third-order valence-corrected chi connectivity index (χ3v) is 12.2. The zero-order chi connectivity index (χ0) is 41.2. The number of benzene rings is 8. The lowest BCUT2D eigenvalue weighted by atomic mass is 9.74. The summed E-state index contributed by atoms with van der Waals surface area (Å²) in [5.74, 6) is 0. The predicted octanol–water partition coefficient (Wildman–Crippen LogP) is 15.4. The van der Waals surface area contributed by atoms with Crippen molar-refractivity contribution in [2.45, 2.75) is 18.8 Å². The molecule has 0 bridgehead atoms. The Balaban J connectivity index is 1.000. The molecule has 9 aromatic rings. The SMILES string of the molecule is CC1(c2ccc(-c3cc(-c4ccccc4)nc4ccc5ccccc5c34)cc2)C=CC(/C(=C/C(=N)c2cccc(-c3ccccc3)c2)c2cccc(-c3ccccc3)c2)=CC1. The van der Waals surface area contributed by atoms with Crippen LogP contribution in [0.25, 0.3) is 71.9 Å². The van der Waals surface area contributed by atoms with Gasteiger partial charge in [-0.25, -0.2) is 4.98 Å². The molecule has 2 heteroatoms. The third-order valence-electron chi connectivity index (χ3n) is 12.2. The fraction of sp³-hybridized carbons (Fsp3) is 0.0508. The van der Waals surface area contributed by atoms with Crippen molar-refractivity contribution < 1.29 is 0 Å². The fourth-order valence-electron chi connectivity index (χ4n) is 8.72. The molecule has 0 saturated carbocycles. The molecule has 290 valence electrons. The zero-order valence-electron chi connectivity index (χ0n) is 34.1. The molecule has 0 aliphatic heterocycles. The van der Waals surface area contributed by atoms with Gasteiger partial charge in [0, 0.05) is 21.9 Å². The van der Waals surface area contributed by atoms with Crippen LogP contribution >= 0.6 is 0 Å². The molecule has 10 rings (SSSR count). The number of allylic oxidation sites excluding steroid dienone is 6. The van der Waals surface area contributed by atoms with Crippen molar-refractivity contribution in [2.24, 2.45) is 0 Å². The number of pyridine rings is 1. The summed E-state index contributed by atoms with van der Waals surface area (Å²) in [5, 5.41) is 13.0. The summed E-state index contributed by atoms with van der Waals surface area (Å²) in [6.07, 6.45) is 9.85. The van der Waals surface area contributed by atoms with E-state index in [1.807, 2.05) is 30.3 Å². The van der Waals surface area contributed by atoms with Gasteiger partial charge in [0.15, 0.2) is 0 Å². The Bertz CT molecular complexity index is 3160. The summed E-state index contributed by atoms with van der Waals surface area (Å²) in [4.78, 5) is 5.16. The van der Waals surface area contributed by atoms with E-state index in [9.17, 15) is 5.41 Å². The van der Waals surface area contributed by atoms with Crippen LogP contribution in [0.3, 0.4) is 0 Å². The Kier molecular flexibility index (Phi) is 9.96. The molecule has 0 amide bonds. The first-order valence-electron chi connectivity index (χ1n) is 21.0. The standard InChI is InChI=1S/C59H44N2/c1-59(51-30-27-44(28-31-51)54-40-57(46-20-9-4-10-21-46)61-56-32-29-43-19-11-12-26-52(43)58(54)56)35-33-45(34-36-59)53(49-24-13-22-47(37-49)41-15-5-2-6-16-41)39-55(60)50-25-14-23-48(38-50)42-17-7-3-8-18-42/h2-35,37-40,60H,36H2,1H3/b53-39-,60-55?. The summed E-state index contributed by atoms with van der Waals surface area (Å²) in [7, 11) is 0. The normalized spacial score (nSPS) is 15.2. The predicted molar refractivity (Wildman–Crippen MR) is 258 cm³/mol. The minimum absolute atomic E-state index is 0.210. The van der Waals surface area contributed by atoms with Crippen molar-refractivity contribution in [3.05, 3.63) is 253 Å². The van der Waals surface area contributed by atoms with Crippen LogP contribution in [0.4, 0.5) is 0 Å². The van der Waals surface area contributed by atoms with E-state index in [1.165, 1.54) is 38.4 Å². The Morgan fingerprint density at radius 3 is 1.79 bits per heavy atom. The van der Waals surface area contributed by atoms with Crippen molar-refractivity contribution in [2.75, 3.05) is 0 Å². The third kappa shape index (κ3) is 7.57. The lowest BCUT2D eigenvalue weighted by Gasteiger charge is -2.30. The Hall–Kier alpha value is -7.68. The smallest absolute Gasteiger partial charge is 0.0722 e. The molecule has 1 aliphatic carbocycles. The van der Waals surface area contributed by atoms with E-state index >= 15 is 0 Å². The summed E-state index contributed by atoms with van der Waals surface area (Å²) < 4.78 is 0. The van der Waals surface area contributed by atoms with Gasteiger partial charge in [-0.05, 0) is 103 Å². The van der Waals surface area contributed by atoms with Crippen molar-refractivity contribution in [1.29, 1.82) is 5.41 Å². The molecule has 1 aliphatic rings. The highest BCUT2D eigenvalue weighted by Crippen LogP contribution is 2.41. The van der Waals surface area contributed by atoms with Gasteiger partial charge in [0.05, 0.1) is 16.9 Å². The molecule has 1 aromatic heterocycles. The number of nitrogens with one attached hydrogen (secondary N) is 1. The molecule has 0 radical (unpaired) electrons. The molecule has 0 spiro atoms. The Labute approximate surface area is 358 Å². The molecule has 61 heavy (non-hydrogen) atoms. The summed E-state index contributed by atoms with van der Waals surface area (Å²) >= 11 is 0. The highest BCUT2D eigenvalue weighted by molar-refractivity contribution is 6.14. The molecule has 1 heterocycles. The lowest BCUT2D eigenvalue weighted by Crippen LogP contribution is -2.20. The molecule has 8 aromatic carbocycles. The van der Waals surface area contributed by atoms with Crippen LogP contribution in [-0.2, 0) is 5.41 Å². The molecular weight excluding hydrogens is 737 g/mol. The van der Waals surface area contributed by atoms with E-state index in [2.05, 4.69) is 207 Å². The van der Waals surface area contributed by atoms with Gasteiger partial charge < -0.3 is 5.41 Å². The second-order valence-electron chi connectivity index (χ2n) is 16.2. The van der Waals surface area contributed by atoms with E-state index in [4.69, 9.17) is 4.98 Å². The molecule has 2 nitrogen and oxygen atoms in total. The number of rotatable bonds is 9. The van der Waals surface area contributed by atoms with Gasteiger partial charge in [-0.1, -0.05) is 207 Å². The lowest BCUT2D eigenvalue weighted by molar-refractivity contribution is 0.598. The van der Waals surface area contributed by atoms with Crippen LogP contribution in [0, 0.1) is 5.41 Å². The van der Waals surface area contributed by atoms with Crippen LogP contribution in [0.1, 0.15) is 30.0 Å². The monoisotopic (exact) mass is 780 g/mol. The van der Waals surface area contributed by atoms with Gasteiger partial charge in [0.2, 0.25) is 0 Å². The Morgan fingerprint density at radius 2 is 1.13 bits per heavy atom. The van der Waals surface area contributed by atoms with Gasteiger partial charge in [0.1, 0.15) is 0 Å². The number of aromatic nitrogens is 1. The quantitative estimate of drug-likeness (QED) is 0.115. The highest BCUT2D eigenvalue weighted by atomic mass is 14.7. The minimum Gasteiger partial charge on any atom is -0.300 e. The zero-order valence-corrected chi connectivity index (χ0v) is 34.1. The topological polar surface area (TPSA) is 36.7 Å². The van der Waals surface area contributed by atoms with E-state index in [1.54, 1.807) is 0 Å². The number of nitrogens with zero attached hydrogens (tertiary/aromatic N) is 1. The fourth-order valence-corrected chi connectivity index (χ4v) is 8.72. The molecule has 0 saturated heterocycles. The maximum atomic E-state index is 9.43. The van der Waals surface area contributed by atoms with Gasteiger partial charge >= 0.3 is 0 Å². The van der Waals surface area contributed by atoms with E-state index in [-0.39, 0.29) is 5.41 Å². The van der Waals surface area contributed by atoms with Gasteiger partial charge in [-0.3, -0.25) is 0 Å². The largest absolute Gasteiger partial charge is 0.300 e. The van der Waals surface area contributed by atoms with Crippen LogP contribution in [0.5, 0.6) is 0 Å². The summed E-state index contributed by atoms with van der Waals surface area (Å²) in [6, 6.07) is 72.7. The molecule has 0 fully saturated rings. The van der Waals surface area contributed by atoms with Crippen molar-refractivity contribution in [3.8, 4) is 44.6 Å². The van der Waals surface area contributed by atoms with E-state index < -0.39 is 0 Å². The molecule has 1 atom stereocenters. The van der Waals surface area contributed by atoms with E-state index in [0.29, 0.717) is 5.71 Å². The number of hydrogen-bond acceptors (Lipinski definition) is 2. The molecular formula is C59H44N2. The maximum absolute atomic E-state index is 9.43. The van der Waals surface area contributed by atoms with Crippen molar-refractivity contribution in [1.82, 2.24) is 4.98 Å². The minimum atomic E-state index is -0.210. The summed E-state index contributed by atoms with van der Waals surface area (Å²) in [5.41, 5.74) is 15.6. The van der Waals surface area contributed by atoms with Gasteiger partial charge in [-0.15, -0.1) is 0 Å². The van der Waals surface area contributed by atoms with E-state index in [0.717, 1.165) is 62.2 Å². The van der Waals surface area contributed by atoms with Crippen molar-refractivity contribution >= 4 is 33.0 Å². The van der Waals surface area contributed by atoms with Crippen LogP contribution in [0.15, 0.2) is 236 Å². The van der Waals surface area contributed by atoms with Crippen LogP contribution < -0.4 is 0 Å². The van der Waals surface area contributed by atoms with Gasteiger partial charge in [-0.2, -0.15) is 0 Å². The Morgan fingerprint density at radius 1 is 0.541 bits per heavy atom. The first kappa shape index (κ1) is 37.6. The van der Waals surface area contributed by atoms with Crippen LogP contribution in [-0.4, -0.2) is 10.7 Å². The molecule has 1 unspecified atom stereocenters. The number of fused-ring (bicyclic) bond motifs is 3.